The Balaban J connectivity index is 2.21. The number of rotatable bonds is 2. The van der Waals surface area contributed by atoms with Gasteiger partial charge in [-0.25, -0.2) is 0 Å². The van der Waals surface area contributed by atoms with Gasteiger partial charge in [-0.05, 0) is 43.2 Å². The number of benzene rings is 1. The topological polar surface area (TPSA) is 3.24 Å². The second-order valence-electron chi connectivity index (χ2n) is 6.27. The Morgan fingerprint density at radius 1 is 1.22 bits per heavy atom. The summed E-state index contributed by atoms with van der Waals surface area (Å²) in [6, 6.07) is 6.84. The number of nitrogens with zero attached hydrogens (tertiary/aromatic N) is 1. The van der Waals surface area contributed by atoms with Gasteiger partial charge >= 0.3 is 0 Å². The highest BCUT2D eigenvalue weighted by molar-refractivity contribution is 9.08. The lowest BCUT2D eigenvalue weighted by Crippen LogP contribution is -2.26. The molecule has 1 fully saturated rings. The van der Waals surface area contributed by atoms with E-state index in [4.69, 9.17) is 0 Å². The van der Waals surface area contributed by atoms with Gasteiger partial charge in [0.2, 0.25) is 0 Å². The molecular formula is C16H24BrN. The predicted octanol–water partition coefficient (Wildman–Crippen LogP) is 4.91. The van der Waals surface area contributed by atoms with Crippen molar-refractivity contribution < 1.29 is 0 Å². The van der Waals surface area contributed by atoms with Crippen LogP contribution >= 0.6 is 15.9 Å². The van der Waals surface area contributed by atoms with Gasteiger partial charge in [0.05, 0.1) is 0 Å². The molecule has 1 aliphatic heterocycles. The highest BCUT2D eigenvalue weighted by atomic mass is 79.9. The summed E-state index contributed by atoms with van der Waals surface area (Å²) in [5.74, 6) is 0. The standard InChI is InChI=1S/C16H24BrN/c1-13-5-6-15(14(11-13)12-17)18-9-4-7-16(2,3)8-10-18/h5-6,11H,4,7-10,12H2,1-3H3. The summed E-state index contributed by atoms with van der Waals surface area (Å²) in [6.07, 6.45) is 3.95. The maximum absolute atomic E-state index is 3.62. The van der Waals surface area contributed by atoms with Gasteiger partial charge in [-0.15, -0.1) is 0 Å². The highest BCUT2D eigenvalue weighted by Crippen LogP contribution is 2.33. The number of halogens is 1. The molecule has 0 aromatic heterocycles. The van der Waals surface area contributed by atoms with Crippen LogP contribution in [0.15, 0.2) is 18.2 Å². The smallest absolute Gasteiger partial charge is 0.0407 e. The molecule has 18 heavy (non-hydrogen) atoms. The zero-order valence-corrected chi connectivity index (χ0v) is 13.4. The van der Waals surface area contributed by atoms with Gasteiger partial charge in [-0.2, -0.15) is 0 Å². The molecule has 2 rings (SSSR count). The molecule has 1 aromatic rings. The Hall–Kier alpha value is -0.500. The lowest BCUT2D eigenvalue weighted by Gasteiger charge is -2.26. The molecule has 1 aromatic carbocycles. The van der Waals surface area contributed by atoms with Crippen molar-refractivity contribution in [3.8, 4) is 0 Å². The van der Waals surface area contributed by atoms with E-state index >= 15 is 0 Å². The van der Waals surface area contributed by atoms with Gasteiger partial charge < -0.3 is 4.90 Å². The minimum atomic E-state index is 0.508. The quantitative estimate of drug-likeness (QED) is 0.702. The number of anilines is 1. The molecular weight excluding hydrogens is 286 g/mol. The van der Waals surface area contributed by atoms with Crippen LogP contribution in [0.1, 0.15) is 44.2 Å². The van der Waals surface area contributed by atoms with Crippen molar-refractivity contribution in [3.05, 3.63) is 29.3 Å². The van der Waals surface area contributed by atoms with Crippen LogP contribution in [0.5, 0.6) is 0 Å². The van der Waals surface area contributed by atoms with E-state index in [9.17, 15) is 0 Å². The van der Waals surface area contributed by atoms with Gasteiger partial charge in [0.1, 0.15) is 0 Å². The first kappa shape index (κ1) is 13.9. The number of alkyl halides is 1. The van der Waals surface area contributed by atoms with Crippen LogP contribution in [0.2, 0.25) is 0 Å². The molecule has 0 spiro atoms. The van der Waals surface area contributed by atoms with Gasteiger partial charge in [0.25, 0.3) is 0 Å². The molecule has 0 N–H and O–H groups in total. The van der Waals surface area contributed by atoms with Crippen LogP contribution in [-0.2, 0) is 5.33 Å². The average Bonchev–Trinajstić information content (AvgIpc) is 2.50. The van der Waals surface area contributed by atoms with E-state index in [1.54, 1.807) is 0 Å². The number of aryl methyl sites for hydroxylation is 1. The van der Waals surface area contributed by atoms with E-state index < -0.39 is 0 Å². The summed E-state index contributed by atoms with van der Waals surface area (Å²) in [6.45, 7) is 9.36. The van der Waals surface area contributed by atoms with E-state index in [1.165, 1.54) is 49.2 Å². The Kier molecular flexibility index (Phi) is 4.37. The van der Waals surface area contributed by atoms with E-state index in [0.29, 0.717) is 5.41 Å². The summed E-state index contributed by atoms with van der Waals surface area (Å²) < 4.78 is 0. The Labute approximate surface area is 120 Å². The second-order valence-corrected chi connectivity index (χ2v) is 6.83. The fraction of sp³-hybridized carbons (Fsp3) is 0.625. The first-order valence-corrected chi connectivity index (χ1v) is 8.04. The molecule has 100 valence electrons. The summed E-state index contributed by atoms with van der Waals surface area (Å²) >= 11 is 3.62. The van der Waals surface area contributed by atoms with Crippen molar-refractivity contribution in [2.45, 2.75) is 45.4 Å². The first-order chi connectivity index (χ1) is 8.52. The van der Waals surface area contributed by atoms with Crippen molar-refractivity contribution in [2.75, 3.05) is 18.0 Å². The molecule has 1 nitrogen and oxygen atoms in total. The van der Waals surface area contributed by atoms with Crippen LogP contribution in [0.3, 0.4) is 0 Å². The molecule has 0 unspecified atom stereocenters. The van der Waals surface area contributed by atoms with E-state index in [0.717, 1.165) is 5.33 Å². The van der Waals surface area contributed by atoms with Crippen LogP contribution in [0.4, 0.5) is 5.69 Å². The van der Waals surface area contributed by atoms with E-state index in [2.05, 4.69) is 59.8 Å². The SMILES string of the molecule is Cc1ccc(N2CCCC(C)(C)CC2)c(CBr)c1. The fourth-order valence-corrected chi connectivity index (χ4v) is 3.24. The van der Waals surface area contributed by atoms with Crippen molar-refractivity contribution in [3.63, 3.8) is 0 Å². The lowest BCUT2D eigenvalue weighted by molar-refractivity contribution is 0.325. The van der Waals surface area contributed by atoms with Crippen molar-refractivity contribution in [1.29, 1.82) is 0 Å². The highest BCUT2D eigenvalue weighted by Gasteiger charge is 2.23. The third kappa shape index (κ3) is 3.28. The monoisotopic (exact) mass is 309 g/mol. The van der Waals surface area contributed by atoms with Crippen LogP contribution < -0.4 is 4.90 Å². The molecule has 0 bridgehead atoms. The largest absolute Gasteiger partial charge is 0.371 e. The fourth-order valence-electron chi connectivity index (χ4n) is 2.79. The van der Waals surface area contributed by atoms with Crippen molar-refractivity contribution >= 4 is 21.6 Å². The van der Waals surface area contributed by atoms with Gasteiger partial charge in [-0.3, -0.25) is 0 Å². The van der Waals surface area contributed by atoms with Crippen LogP contribution in [-0.4, -0.2) is 13.1 Å². The summed E-state index contributed by atoms with van der Waals surface area (Å²) in [4.78, 5) is 2.57. The van der Waals surface area contributed by atoms with Gasteiger partial charge in [0.15, 0.2) is 0 Å². The maximum atomic E-state index is 3.62. The second kappa shape index (κ2) is 5.64. The molecule has 2 heteroatoms. The number of hydrogen-bond acceptors (Lipinski definition) is 1. The Morgan fingerprint density at radius 2 is 2.00 bits per heavy atom. The molecule has 0 aliphatic carbocycles. The summed E-state index contributed by atoms with van der Waals surface area (Å²) in [7, 11) is 0. The normalized spacial score (nSPS) is 19.7. The van der Waals surface area contributed by atoms with Crippen molar-refractivity contribution in [1.82, 2.24) is 0 Å². The first-order valence-electron chi connectivity index (χ1n) is 6.92. The molecule has 1 saturated heterocycles. The molecule has 0 radical (unpaired) electrons. The predicted molar refractivity (Wildman–Crippen MR) is 83.7 cm³/mol. The van der Waals surface area contributed by atoms with Crippen LogP contribution in [0.25, 0.3) is 0 Å². The minimum absolute atomic E-state index is 0.508. The van der Waals surface area contributed by atoms with Gasteiger partial charge in [0, 0.05) is 24.1 Å². The zero-order chi connectivity index (χ0) is 13.2. The average molecular weight is 310 g/mol. The third-order valence-electron chi connectivity index (χ3n) is 4.06. The molecule has 0 amide bonds. The molecule has 1 aliphatic rings. The van der Waals surface area contributed by atoms with Crippen molar-refractivity contribution in [2.24, 2.45) is 5.41 Å². The third-order valence-corrected chi connectivity index (χ3v) is 4.66. The Bertz CT molecular complexity index is 412. The van der Waals surface area contributed by atoms with E-state index in [1.807, 2.05) is 0 Å². The number of hydrogen-bond donors (Lipinski definition) is 0. The summed E-state index contributed by atoms with van der Waals surface area (Å²) in [5, 5.41) is 0.948. The van der Waals surface area contributed by atoms with E-state index in [-0.39, 0.29) is 0 Å². The molecule has 0 saturated carbocycles. The summed E-state index contributed by atoms with van der Waals surface area (Å²) in [5.41, 5.74) is 4.71. The van der Waals surface area contributed by atoms with Gasteiger partial charge in [-0.1, -0.05) is 47.5 Å². The molecule has 0 atom stereocenters. The zero-order valence-electron chi connectivity index (χ0n) is 11.8. The lowest BCUT2D eigenvalue weighted by atomic mass is 9.85. The Morgan fingerprint density at radius 3 is 2.72 bits per heavy atom. The molecule has 1 heterocycles. The van der Waals surface area contributed by atoms with Crippen LogP contribution in [0, 0.1) is 12.3 Å². The maximum Gasteiger partial charge on any atom is 0.0407 e. The minimum Gasteiger partial charge on any atom is -0.371 e.